The summed E-state index contributed by atoms with van der Waals surface area (Å²) < 4.78 is 6.18. The van der Waals surface area contributed by atoms with Crippen LogP contribution >= 0.6 is 11.5 Å². The maximum absolute atomic E-state index is 5.27. The van der Waals surface area contributed by atoms with Gasteiger partial charge in [-0.05, 0) is 0 Å². The second-order valence-corrected chi connectivity index (χ2v) is 6.49. The van der Waals surface area contributed by atoms with Crippen molar-refractivity contribution in [3.63, 3.8) is 0 Å². The van der Waals surface area contributed by atoms with E-state index in [0.717, 1.165) is 23.1 Å². The van der Waals surface area contributed by atoms with Crippen molar-refractivity contribution in [3.8, 4) is 12.3 Å². The van der Waals surface area contributed by atoms with Crippen LogP contribution in [0.3, 0.4) is 0 Å². The van der Waals surface area contributed by atoms with Gasteiger partial charge in [0.1, 0.15) is 12.4 Å². The summed E-state index contributed by atoms with van der Waals surface area (Å²) in [4.78, 5) is 6.67. The van der Waals surface area contributed by atoms with Gasteiger partial charge in [-0.1, -0.05) is 26.7 Å². The van der Waals surface area contributed by atoms with E-state index in [9.17, 15) is 0 Å². The Morgan fingerprint density at radius 2 is 2.20 bits per heavy atom. The summed E-state index contributed by atoms with van der Waals surface area (Å²) in [5.74, 6) is 3.45. The van der Waals surface area contributed by atoms with Crippen molar-refractivity contribution in [1.82, 2.24) is 19.1 Å². The monoisotopic (exact) mass is 289 g/mol. The highest BCUT2D eigenvalue weighted by atomic mass is 32.1. The van der Waals surface area contributed by atoms with Crippen LogP contribution in [0, 0.1) is 12.3 Å². The first-order valence-corrected chi connectivity index (χ1v) is 7.17. The molecule has 0 aliphatic carbocycles. The predicted molar refractivity (Wildman–Crippen MR) is 81.8 cm³/mol. The normalized spacial score (nSPS) is 11.3. The third-order valence-corrected chi connectivity index (χ3v) is 3.60. The molecule has 0 bridgehead atoms. The van der Waals surface area contributed by atoms with E-state index in [2.05, 4.69) is 46.0 Å². The summed E-state index contributed by atoms with van der Waals surface area (Å²) >= 11 is 1.43. The Balaban J connectivity index is 2.06. The molecule has 2 rings (SSSR count). The largest absolute Gasteiger partial charge is 0.345 e. The molecule has 0 aliphatic rings. The number of aromatic nitrogens is 4. The topological polar surface area (TPSA) is 46.8 Å². The first kappa shape index (κ1) is 14.5. The molecule has 0 spiro atoms. The van der Waals surface area contributed by atoms with E-state index < -0.39 is 0 Å². The fraction of sp³-hybridized carbons (Fsp3) is 0.500. The van der Waals surface area contributed by atoms with E-state index in [-0.39, 0.29) is 5.41 Å². The minimum atomic E-state index is -0.0206. The van der Waals surface area contributed by atoms with Gasteiger partial charge in [0, 0.05) is 42.3 Å². The molecule has 0 aliphatic heterocycles. The highest BCUT2D eigenvalue weighted by Crippen LogP contribution is 2.25. The molecule has 6 heteroatoms. The summed E-state index contributed by atoms with van der Waals surface area (Å²) in [6.07, 6.45) is 9.06. The lowest BCUT2D eigenvalue weighted by molar-refractivity contribution is 0.554. The molecule has 2 heterocycles. The average Bonchev–Trinajstić information content (AvgIpc) is 2.97. The predicted octanol–water partition coefficient (Wildman–Crippen LogP) is 2.30. The van der Waals surface area contributed by atoms with Crippen molar-refractivity contribution in [2.75, 3.05) is 11.9 Å². The van der Waals surface area contributed by atoms with Crippen molar-refractivity contribution < 1.29 is 0 Å². The van der Waals surface area contributed by atoms with Gasteiger partial charge in [0.25, 0.3) is 0 Å². The molecule has 5 nitrogen and oxygen atoms in total. The van der Waals surface area contributed by atoms with E-state index in [1.807, 2.05) is 19.4 Å². The highest BCUT2D eigenvalue weighted by Gasteiger charge is 2.20. The average molecular weight is 289 g/mol. The van der Waals surface area contributed by atoms with Crippen LogP contribution in [-0.2, 0) is 18.5 Å². The first-order valence-electron chi connectivity index (χ1n) is 6.40. The van der Waals surface area contributed by atoms with Crippen LogP contribution in [0.15, 0.2) is 12.4 Å². The number of nitrogens with zero attached hydrogens (tertiary/aromatic N) is 5. The van der Waals surface area contributed by atoms with Gasteiger partial charge in [-0.2, -0.15) is 9.47 Å². The zero-order chi connectivity index (χ0) is 14.8. The van der Waals surface area contributed by atoms with Crippen LogP contribution in [0.5, 0.6) is 0 Å². The van der Waals surface area contributed by atoms with Crippen molar-refractivity contribution in [2.45, 2.75) is 39.3 Å². The molecular weight excluding hydrogens is 270 g/mol. The van der Waals surface area contributed by atoms with Gasteiger partial charge in [0.2, 0.25) is 5.13 Å². The van der Waals surface area contributed by atoms with Crippen molar-refractivity contribution in [2.24, 2.45) is 0 Å². The van der Waals surface area contributed by atoms with Crippen molar-refractivity contribution >= 4 is 16.7 Å². The van der Waals surface area contributed by atoms with Crippen LogP contribution in [0.1, 0.15) is 32.2 Å². The molecule has 0 N–H and O–H groups in total. The lowest BCUT2D eigenvalue weighted by atomic mass is 9.96. The van der Waals surface area contributed by atoms with Crippen LogP contribution in [-0.4, -0.2) is 26.2 Å². The van der Waals surface area contributed by atoms with E-state index in [4.69, 9.17) is 6.42 Å². The summed E-state index contributed by atoms with van der Waals surface area (Å²) in [5.41, 5.74) is 1.09. The van der Waals surface area contributed by atoms with Gasteiger partial charge >= 0.3 is 0 Å². The molecule has 20 heavy (non-hydrogen) atoms. The van der Waals surface area contributed by atoms with Crippen molar-refractivity contribution in [3.05, 3.63) is 23.8 Å². The second kappa shape index (κ2) is 5.63. The molecule has 2 aromatic rings. The van der Waals surface area contributed by atoms with Crippen molar-refractivity contribution in [1.29, 1.82) is 0 Å². The Labute approximate surface area is 123 Å². The maximum Gasteiger partial charge on any atom is 0.205 e. The molecule has 0 amide bonds. The summed E-state index contributed by atoms with van der Waals surface area (Å²) in [7, 11) is 2.01. The third kappa shape index (κ3) is 3.36. The number of terminal acetylenes is 1. The lowest BCUT2D eigenvalue weighted by Gasteiger charge is -2.15. The van der Waals surface area contributed by atoms with Gasteiger partial charge in [0.15, 0.2) is 0 Å². The van der Waals surface area contributed by atoms with E-state index >= 15 is 0 Å². The molecule has 0 saturated heterocycles. The lowest BCUT2D eigenvalue weighted by Crippen LogP contribution is -2.17. The van der Waals surface area contributed by atoms with E-state index in [1.165, 1.54) is 11.5 Å². The molecule has 0 saturated carbocycles. The fourth-order valence-corrected chi connectivity index (χ4v) is 2.50. The second-order valence-electron chi connectivity index (χ2n) is 5.76. The van der Waals surface area contributed by atoms with E-state index in [0.29, 0.717) is 6.54 Å². The number of anilines is 1. The van der Waals surface area contributed by atoms with Crippen LogP contribution < -0.4 is 4.90 Å². The Morgan fingerprint density at radius 3 is 2.80 bits per heavy atom. The number of hydrogen-bond acceptors (Lipinski definition) is 5. The van der Waals surface area contributed by atoms with E-state index in [1.54, 1.807) is 4.68 Å². The smallest absolute Gasteiger partial charge is 0.205 e. The Bertz CT molecular complexity index is 614. The molecule has 0 radical (unpaired) electrons. The SMILES string of the molecule is C#CCn1cc(CN(C)c2nc(C(C)(C)C)ns2)cn1. The number of hydrogen-bond donors (Lipinski definition) is 0. The van der Waals surface area contributed by atoms with Gasteiger partial charge in [0.05, 0.1) is 6.20 Å². The van der Waals surface area contributed by atoms with Gasteiger partial charge in [-0.15, -0.1) is 6.42 Å². The summed E-state index contributed by atoms with van der Waals surface area (Å²) in [5, 5.41) is 5.13. The number of rotatable bonds is 4. The zero-order valence-electron chi connectivity index (χ0n) is 12.3. The minimum absolute atomic E-state index is 0.0206. The van der Waals surface area contributed by atoms with Gasteiger partial charge in [-0.3, -0.25) is 4.68 Å². The van der Waals surface area contributed by atoms with Gasteiger partial charge < -0.3 is 4.90 Å². The Hall–Kier alpha value is -1.87. The standard InChI is InChI=1S/C14H19N5S/c1-6-7-19-10-11(8-15-19)9-18(5)13-16-12(17-20-13)14(2,3)4/h1,8,10H,7,9H2,2-5H3. The maximum atomic E-state index is 5.27. The van der Waals surface area contributed by atoms with Crippen LogP contribution in [0.2, 0.25) is 0 Å². The van der Waals surface area contributed by atoms with Gasteiger partial charge in [-0.25, -0.2) is 4.98 Å². The summed E-state index contributed by atoms with van der Waals surface area (Å²) in [6, 6.07) is 0. The molecule has 106 valence electrons. The molecular formula is C14H19N5S. The molecule has 0 atom stereocenters. The van der Waals surface area contributed by atoms with Crippen LogP contribution in [0.25, 0.3) is 0 Å². The fourth-order valence-electron chi connectivity index (χ4n) is 1.68. The molecule has 0 fully saturated rings. The summed E-state index contributed by atoms with van der Waals surface area (Å²) in [6.45, 7) is 7.58. The first-order chi connectivity index (χ1) is 9.40. The molecule has 0 aromatic carbocycles. The molecule has 2 aromatic heterocycles. The minimum Gasteiger partial charge on any atom is -0.345 e. The third-order valence-electron chi connectivity index (χ3n) is 2.77. The Morgan fingerprint density at radius 1 is 1.45 bits per heavy atom. The highest BCUT2D eigenvalue weighted by molar-refractivity contribution is 7.09. The quantitative estimate of drug-likeness (QED) is 0.810. The zero-order valence-corrected chi connectivity index (χ0v) is 13.1. The molecule has 0 unspecified atom stereocenters. The Kier molecular flexibility index (Phi) is 4.09. The van der Waals surface area contributed by atoms with Crippen LogP contribution in [0.4, 0.5) is 5.13 Å².